The molecule has 0 unspecified atom stereocenters. The molecule has 82 valence electrons. The van der Waals surface area contributed by atoms with Gasteiger partial charge in [0.2, 0.25) is 5.91 Å². The molecule has 1 amide bonds. The Morgan fingerprint density at radius 3 is 3.20 bits per heavy atom. The van der Waals surface area contributed by atoms with Crippen molar-refractivity contribution >= 4 is 33.2 Å². The van der Waals surface area contributed by atoms with Crippen LogP contribution < -0.4 is 5.32 Å². The number of ether oxygens (including phenoxy) is 1. The fourth-order valence-electron chi connectivity index (χ4n) is 1.53. The summed E-state index contributed by atoms with van der Waals surface area (Å²) in [6.07, 6.45) is 1.61. The molecule has 1 aliphatic heterocycles. The zero-order valence-electron chi connectivity index (χ0n) is 8.16. The van der Waals surface area contributed by atoms with Crippen LogP contribution in [0.5, 0.6) is 0 Å². The smallest absolute Gasteiger partial charge is 0.249 e. The third-order valence-corrected chi connectivity index (χ3v) is 3.86. The molecule has 1 atom stereocenters. The number of nitrogens with one attached hydrogen (secondary N) is 1. The second-order valence-corrected chi connectivity index (χ2v) is 5.77. The second-order valence-electron chi connectivity index (χ2n) is 3.48. The number of hydrogen-bond donors (Lipinski definition) is 1. The first-order chi connectivity index (χ1) is 7.25. The molecule has 15 heavy (non-hydrogen) atoms. The van der Waals surface area contributed by atoms with E-state index in [0.717, 1.165) is 22.2 Å². The van der Waals surface area contributed by atoms with Crippen LogP contribution in [0.2, 0.25) is 0 Å². The van der Waals surface area contributed by atoms with Gasteiger partial charge in [0.15, 0.2) is 0 Å². The quantitative estimate of drug-likeness (QED) is 0.927. The molecular formula is C10H12BrNO2S. The van der Waals surface area contributed by atoms with Crippen LogP contribution in [-0.4, -0.2) is 18.6 Å². The Bertz CT molecular complexity index is 347. The van der Waals surface area contributed by atoms with Crippen molar-refractivity contribution < 1.29 is 9.53 Å². The minimum Gasteiger partial charge on any atom is -0.368 e. The normalized spacial score (nSPS) is 20.5. The third kappa shape index (κ3) is 3.03. The van der Waals surface area contributed by atoms with Crippen molar-refractivity contribution in [2.45, 2.75) is 25.5 Å². The standard InChI is InChI=1S/C10H12BrNO2S/c11-9-4-7(6-15-9)5-12-10(13)8-2-1-3-14-8/h4,6,8H,1-3,5H2,(H,12,13)/t8-/m1/s1. The van der Waals surface area contributed by atoms with Crippen molar-refractivity contribution in [1.82, 2.24) is 5.32 Å². The van der Waals surface area contributed by atoms with Crippen LogP contribution in [-0.2, 0) is 16.1 Å². The first-order valence-electron chi connectivity index (χ1n) is 4.88. The molecule has 2 rings (SSSR count). The molecule has 3 nitrogen and oxygen atoms in total. The first-order valence-corrected chi connectivity index (χ1v) is 6.55. The highest BCUT2D eigenvalue weighted by atomic mass is 79.9. The van der Waals surface area contributed by atoms with E-state index in [2.05, 4.69) is 21.2 Å². The summed E-state index contributed by atoms with van der Waals surface area (Å²) in [6.45, 7) is 1.29. The van der Waals surface area contributed by atoms with Crippen LogP contribution in [0.1, 0.15) is 18.4 Å². The molecule has 1 aromatic heterocycles. The average molecular weight is 290 g/mol. The largest absolute Gasteiger partial charge is 0.368 e. The van der Waals surface area contributed by atoms with Crippen LogP contribution in [0, 0.1) is 0 Å². The van der Waals surface area contributed by atoms with E-state index >= 15 is 0 Å². The molecule has 1 saturated heterocycles. The average Bonchev–Trinajstić information content (AvgIpc) is 2.84. The van der Waals surface area contributed by atoms with Gasteiger partial charge in [-0.3, -0.25) is 4.79 Å². The number of rotatable bonds is 3. The lowest BCUT2D eigenvalue weighted by molar-refractivity contribution is -0.130. The van der Waals surface area contributed by atoms with Gasteiger partial charge in [-0.15, -0.1) is 11.3 Å². The summed E-state index contributed by atoms with van der Waals surface area (Å²) in [5.74, 6) is 0.00909. The Balaban J connectivity index is 1.80. The maximum absolute atomic E-state index is 11.6. The maximum Gasteiger partial charge on any atom is 0.249 e. The van der Waals surface area contributed by atoms with Gasteiger partial charge in [0.1, 0.15) is 6.10 Å². The van der Waals surface area contributed by atoms with E-state index in [1.807, 2.05) is 11.4 Å². The Morgan fingerprint density at radius 1 is 1.73 bits per heavy atom. The van der Waals surface area contributed by atoms with E-state index in [4.69, 9.17) is 4.74 Å². The monoisotopic (exact) mass is 289 g/mol. The fourth-order valence-corrected chi connectivity index (χ4v) is 2.74. The molecule has 0 aliphatic carbocycles. The molecule has 0 aromatic carbocycles. The van der Waals surface area contributed by atoms with Crippen molar-refractivity contribution in [2.24, 2.45) is 0 Å². The molecule has 0 saturated carbocycles. The summed E-state index contributed by atoms with van der Waals surface area (Å²) >= 11 is 5.01. The number of halogens is 1. The Morgan fingerprint density at radius 2 is 2.60 bits per heavy atom. The minimum absolute atomic E-state index is 0.00909. The van der Waals surface area contributed by atoms with Gasteiger partial charge in [-0.2, -0.15) is 0 Å². The molecule has 5 heteroatoms. The van der Waals surface area contributed by atoms with Gasteiger partial charge in [-0.05, 0) is 45.8 Å². The summed E-state index contributed by atoms with van der Waals surface area (Å²) in [5.41, 5.74) is 1.12. The van der Waals surface area contributed by atoms with Crippen LogP contribution in [0.3, 0.4) is 0 Å². The van der Waals surface area contributed by atoms with Crippen LogP contribution in [0.15, 0.2) is 15.2 Å². The second kappa shape index (κ2) is 5.09. The molecular weight excluding hydrogens is 278 g/mol. The highest BCUT2D eigenvalue weighted by Crippen LogP contribution is 2.20. The minimum atomic E-state index is -0.230. The van der Waals surface area contributed by atoms with Gasteiger partial charge >= 0.3 is 0 Å². The van der Waals surface area contributed by atoms with Gasteiger partial charge < -0.3 is 10.1 Å². The lowest BCUT2D eigenvalue weighted by Gasteiger charge is -2.09. The Hall–Kier alpha value is -0.390. The van der Waals surface area contributed by atoms with Crippen LogP contribution >= 0.6 is 27.3 Å². The zero-order chi connectivity index (χ0) is 10.7. The molecule has 1 N–H and O–H groups in total. The summed E-state index contributed by atoms with van der Waals surface area (Å²) in [6, 6.07) is 2.01. The molecule has 0 spiro atoms. The topological polar surface area (TPSA) is 38.3 Å². The van der Waals surface area contributed by atoms with Crippen LogP contribution in [0.4, 0.5) is 0 Å². The lowest BCUT2D eigenvalue weighted by atomic mass is 10.2. The number of carbonyl (C=O) groups excluding carboxylic acids is 1. The number of thiophene rings is 1. The predicted molar refractivity (Wildman–Crippen MR) is 62.8 cm³/mol. The summed E-state index contributed by atoms with van der Waals surface area (Å²) in [5, 5.41) is 4.90. The van der Waals surface area contributed by atoms with E-state index in [1.165, 1.54) is 0 Å². The van der Waals surface area contributed by atoms with E-state index in [9.17, 15) is 4.79 Å². The maximum atomic E-state index is 11.6. The predicted octanol–water partition coefficient (Wildman–Crippen LogP) is 2.31. The zero-order valence-corrected chi connectivity index (χ0v) is 10.6. The molecule has 1 fully saturated rings. The van der Waals surface area contributed by atoms with E-state index < -0.39 is 0 Å². The Kier molecular flexibility index (Phi) is 3.77. The van der Waals surface area contributed by atoms with E-state index in [0.29, 0.717) is 13.2 Å². The summed E-state index contributed by atoms with van der Waals surface area (Å²) in [7, 11) is 0. The van der Waals surface area contributed by atoms with Gasteiger partial charge in [0.25, 0.3) is 0 Å². The van der Waals surface area contributed by atoms with Gasteiger partial charge in [0.05, 0.1) is 3.79 Å². The van der Waals surface area contributed by atoms with Gasteiger partial charge in [-0.25, -0.2) is 0 Å². The summed E-state index contributed by atoms with van der Waals surface area (Å²) < 4.78 is 6.38. The highest BCUT2D eigenvalue weighted by molar-refractivity contribution is 9.11. The number of hydrogen-bond acceptors (Lipinski definition) is 3. The Labute approximate surface area is 101 Å². The fraction of sp³-hybridized carbons (Fsp3) is 0.500. The van der Waals surface area contributed by atoms with Crippen molar-refractivity contribution in [2.75, 3.05) is 6.61 Å². The third-order valence-electron chi connectivity index (χ3n) is 2.31. The lowest BCUT2D eigenvalue weighted by Crippen LogP contribution is -2.33. The summed E-state index contributed by atoms with van der Waals surface area (Å²) in [4.78, 5) is 11.6. The van der Waals surface area contributed by atoms with Crippen molar-refractivity contribution in [3.8, 4) is 0 Å². The number of amides is 1. The van der Waals surface area contributed by atoms with E-state index in [-0.39, 0.29) is 12.0 Å². The van der Waals surface area contributed by atoms with Crippen molar-refractivity contribution in [3.63, 3.8) is 0 Å². The SMILES string of the molecule is O=C(NCc1csc(Br)c1)[C@H]1CCCO1. The first kappa shape index (κ1) is 11.1. The van der Waals surface area contributed by atoms with Gasteiger partial charge in [-0.1, -0.05) is 0 Å². The van der Waals surface area contributed by atoms with Crippen molar-refractivity contribution in [1.29, 1.82) is 0 Å². The van der Waals surface area contributed by atoms with E-state index in [1.54, 1.807) is 11.3 Å². The van der Waals surface area contributed by atoms with Crippen molar-refractivity contribution in [3.05, 3.63) is 20.8 Å². The molecule has 0 radical (unpaired) electrons. The number of carbonyl (C=O) groups is 1. The van der Waals surface area contributed by atoms with Gasteiger partial charge in [0, 0.05) is 13.2 Å². The molecule has 2 heterocycles. The van der Waals surface area contributed by atoms with Crippen LogP contribution in [0.25, 0.3) is 0 Å². The molecule has 1 aliphatic rings. The molecule has 1 aromatic rings. The highest BCUT2D eigenvalue weighted by Gasteiger charge is 2.22. The molecule has 0 bridgehead atoms.